The Kier molecular flexibility index (Phi) is 6.82. The summed E-state index contributed by atoms with van der Waals surface area (Å²) in [6.45, 7) is 7.09. The highest BCUT2D eigenvalue weighted by Crippen LogP contribution is 2.43. The topological polar surface area (TPSA) is 40.5 Å². The second-order valence-corrected chi connectivity index (χ2v) is 7.80. The van der Waals surface area contributed by atoms with Gasteiger partial charge in [-0.3, -0.25) is 0 Å². The fourth-order valence-corrected chi connectivity index (χ4v) is 3.61. The van der Waals surface area contributed by atoms with Gasteiger partial charge in [-0.15, -0.1) is 0 Å². The summed E-state index contributed by atoms with van der Waals surface area (Å²) in [6, 6.07) is 0. The van der Waals surface area contributed by atoms with Gasteiger partial charge in [-0.25, -0.2) is 0 Å². The summed E-state index contributed by atoms with van der Waals surface area (Å²) in [6.07, 6.45) is 10.9. The summed E-state index contributed by atoms with van der Waals surface area (Å²) in [5.74, 6) is 0.459. The van der Waals surface area contributed by atoms with Crippen LogP contribution in [0.3, 0.4) is 0 Å². The number of aliphatic hydroxyl groups excluding tert-OH is 2. The van der Waals surface area contributed by atoms with Crippen LogP contribution in [0.1, 0.15) is 78.6 Å². The summed E-state index contributed by atoms with van der Waals surface area (Å²) in [5, 5.41) is 19.9. The van der Waals surface area contributed by atoms with E-state index < -0.39 is 0 Å². The smallest absolute Gasteiger partial charge is 0.0512 e. The van der Waals surface area contributed by atoms with Crippen LogP contribution in [-0.2, 0) is 0 Å². The van der Waals surface area contributed by atoms with Crippen molar-refractivity contribution in [1.29, 1.82) is 0 Å². The van der Waals surface area contributed by atoms with Gasteiger partial charge < -0.3 is 10.2 Å². The summed E-state index contributed by atoms with van der Waals surface area (Å²) in [7, 11) is 0. The van der Waals surface area contributed by atoms with Crippen molar-refractivity contribution in [3.63, 3.8) is 0 Å². The molecule has 1 fully saturated rings. The van der Waals surface area contributed by atoms with Crippen LogP contribution in [0.25, 0.3) is 0 Å². The van der Waals surface area contributed by atoms with E-state index >= 15 is 0 Å². The Hall–Kier alpha value is -0.0800. The van der Waals surface area contributed by atoms with Crippen LogP contribution < -0.4 is 0 Å². The van der Waals surface area contributed by atoms with Crippen molar-refractivity contribution in [2.75, 3.05) is 13.2 Å². The Bertz CT molecular complexity index is 238. The van der Waals surface area contributed by atoms with E-state index in [4.69, 9.17) is 0 Å². The van der Waals surface area contributed by atoms with E-state index in [0.29, 0.717) is 5.92 Å². The standard InChI is InChI=1S/C17H34O2/c1-16(2,3)12-15-10-8-6-4-5-7-9-11-17(15,13-18)14-19/h15,18-19H,4-14H2,1-3H3. The van der Waals surface area contributed by atoms with Crippen molar-refractivity contribution in [2.45, 2.75) is 78.6 Å². The average Bonchev–Trinajstić information content (AvgIpc) is 2.35. The SMILES string of the molecule is CC(C)(C)CC1CCCCCCCCC1(CO)CO. The van der Waals surface area contributed by atoms with Gasteiger partial charge in [-0.2, -0.15) is 0 Å². The van der Waals surface area contributed by atoms with Crippen LogP contribution in [0.5, 0.6) is 0 Å². The molecule has 0 aromatic rings. The van der Waals surface area contributed by atoms with Gasteiger partial charge in [-0.05, 0) is 30.6 Å². The van der Waals surface area contributed by atoms with Crippen molar-refractivity contribution >= 4 is 0 Å². The number of aliphatic hydroxyl groups is 2. The molecular formula is C17H34O2. The first-order chi connectivity index (χ1) is 8.93. The second kappa shape index (κ2) is 7.64. The quantitative estimate of drug-likeness (QED) is 0.809. The lowest BCUT2D eigenvalue weighted by atomic mass is 9.65. The summed E-state index contributed by atoms with van der Waals surface area (Å²) in [5.41, 5.74) is 0.0228. The predicted octanol–water partition coefficient (Wildman–Crippen LogP) is 4.14. The summed E-state index contributed by atoms with van der Waals surface area (Å²) < 4.78 is 0. The monoisotopic (exact) mass is 270 g/mol. The van der Waals surface area contributed by atoms with Crippen LogP contribution in [0.4, 0.5) is 0 Å². The second-order valence-electron chi connectivity index (χ2n) is 7.80. The Morgan fingerprint density at radius 2 is 1.42 bits per heavy atom. The molecule has 0 heterocycles. The molecule has 0 aromatic heterocycles. The molecule has 19 heavy (non-hydrogen) atoms. The van der Waals surface area contributed by atoms with Crippen LogP contribution in [0.2, 0.25) is 0 Å². The third kappa shape index (κ3) is 5.43. The first-order valence-electron chi connectivity index (χ1n) is 8.15. The summed E-state index contributed by atoms with van der Waals surface area (Å²) in [4.78, 5) is 0. The molecule has 1 saturated carbocycles. The molecule has 0 saturated heterocycles. The normalized spacial score (nSPS) is 26.1. The number of rotatable bonds is 3. The average molecular weight is 270 g/mol. The third-order valence-corrected chi connectivity index (χ3v) is 4.83. The van der Waals surface area contributed by atoms with Gasteiger partial charge in [0, 0.05) is 5.41 Å². The molecule has 0 bridgehead atoms. The Balaban J connectivity index is 2.84. The molecule has 2 heteroatoms. The van der Waals surface area contributed by atoms with Gasteiger partial charge in [0.25, 0.3) is 0 Å². The molecule has 0 radical (unpaired) electrons. The first-order valence-corrected chi connectivity index (χ1v) is 8.15. The van der Waals surface area contributed by atoms with Gasteiger partial charge in [0.05, 0.1) is 13.2 Å². The summed E-state index contributed by atoms with van der Waals surface area (Å²) >= 11 is 0. The molecular weight excluding hydrogens is 236 g/mol. The maximum atomic E-state index is 9.93. The van der Waals surface area contributed by atoms with Crippen LogP contribution in [-0.4, -0.2) is 23.4 Å². The molecule has 0 amide bonds. The maximum Gasteiger partial charge on any atom is 0.0512 e. The molecule has 0 aliphatic heterocycles. The van der Waals surface area contributed by atoms with Crippen molar-refractivity contribution in [3.8, 4) is 0 Å². The van der Waals surface area contributed by atoms with Crippen molar-refractivity contribution in [3.05, 3.63) is 0 Å². The lowest BCUT2D eigenvalue weighted by Crippen LogP contribution is -2.40. The highest BCUT2D eigenvalue weighted by molar-refractivity contribution is 4.88. The Labute approximate surface area is 119 Å². The van der Waals surface area contributed by atoms with Crippen molar-refractivity contribution in [2.24, 2.45) is 16.7 Å². The lowest BCUT2D eigenvalue weighted by molar-refractivity contribution is -0.0248. The van der Waals surface area contributed by atoms with Crippen molar-refractivity contribution < 1.29 is 10.2 Å². The van der Waals surface area contributed by atoms with E-state index in [1.165, 1.54) is 38.5 Å². The molecule has 1 aliphatic carbocycles. The van der Waals surface area contributed by atoms with E-state index in [0.717, 1.165) is 19.3 Å². The largest absolute Gasteiger partial charge is 0.396 e. The molecule has 0 aromatic carbocycles. The fourth-order valence-electron chi connectivity index (χ4n) is 3.61. The van der Waals surface area contributed by atoms with Gasteiger partial charge in [0.15, 0.2) is 0 Å². The third-order valence-electron chi connectivity index (χ3n) is 4.83. The number of hydrogen-bond donors (Lipinski definition) is 2. The highest BCUT2D eigenvalue weighted by Gasteiger charge is 2.39. The van der Waals surface area contributed by atoms with Crippen LogP contribution in [0, 0.1) is 16.7 Å². The maximum absolute atomic E-state index is 9.93. The molecule has 1 aliphatic rings. The minimum Gasteiger partial charge on any atom is -0.396 e. The highest BCUT2D eigenvalue weighted by atomic mass is 16.3. The zero-order chi connectivity index (χ0) is 14.4. The molecule has 2 nitrogen and oxygen atoms in total. The molecule has 1 rings (SSSR count). The van der Waals surface area contributed by atoms with E-state index in [9.17, 15) is 10.2 Å². The van der Waals surface area contributed by atoms with Crippen LogP contribution >= 0.6 is 0 Å². The first kappa shape index (κ1) is 17.0. The van der Waals surface area contributed by atoms with E-state index in [2.05, 4.69) is 20.8 Å². The van der Waals surface area contributed by atoms with E-state index in [1.807, 2.05) is 0 Å². The fraction of sp³-hybridized carbons (Fsp3) is 1.00. The van der Waals surface area contributed by atoms with Crippen LogP contribution in [0.15, 0.2) is 0 Å². The van der Waals surface area contributed by atoms with E-state index in [-0.39, 0.29) is 24.0 Å². The van der Waals surface area contributed by atoms with E-state index in [1.54, 1.807) is 0 Å². The molecule has 1 atom stereocenters. The lowest BCUT2D eigenvalue weighted by Gasteiger charge is -2.42. The van der Waals surface area contributed by atoms with Gasteiger partial charge in [0.1, 0.15) is 0 Å². The molecule has 1 unspecified atom stereocenters. The minimum absolute atomic E-state index is 0.143. The predicted molar refractivity (Wildman–Crippen MR) is 81.1 cm³/mol. The van der Waals surface area contributed by atoms with Gasteiger partial charge >= 0.3 is 0 Å². The van der Waals surface area contributed by atoms with Gasteiger partial charge in [0.2, 0.25) is 0 Å². The minimum atomic E-state index is -0.245. The number of hydrogen-bond acceptors (Lipinski definition) is 2. The Morgan fingerprint density at radius 1 is 0.895 bits per heavy atom. The zero-order valence-electron chi connectivity index (χ0n) is 13.2. The Morgan fingerprint density at radius 3 is 1.95 bits per heavy atom. The molecule has 2 N–H and O–H groups in total. The molecule has 114 valence electrons. The van der Waals surface area contributed by atoms with Crippen molar-refractivity contribution in [1.82, 2.24) is 0 Å². The zero-order valence-corrected chi connectivity index (χ0v) is 13.2. The van der Waals surface area contributed by atoms with Gasteiger partial charge in [-0.1, -0.05) is 59.3 Å². The molecule has 0 spiro atoms.